The monoisotopic (exact) mass is 219 g/mol. The summed E-state index contributed by atoms with van der Waals surface area (Å²) in [6.07, 6.45) is 3.65. The van der Waals surface area contributed by atoms with Gasteiger partial charge in [0.2, 0.25) is 0 Å². The molecule has 0 N–H and O–H groups in total. The Kier molecular flexibility index (Phi) is 5.03. The average Bonchev–Trinajstić information content (AvgIpc) is 2.29. The van der Waals surface area contributed by atoms with Crippen LogP contribution in [0.5, 0.6) is 0 Å². The molecule has 0 saturated heterocycles. The van der Waals surface area contributed by atoms with E-state index in [1.165, 1.54) is 19.3 Å². The molecule has 0 unspecified atom stereocenters. The van der Waals surface area contributed by atoms with Crippen molar-refractivity contribution < 1.29 is 4.79 Å². The Morgan fingerprint density at radius 1 is 1.25 bits per heavy atom. The lowest BCUT2D eigenvalue weighted by Crippen LogP contribution is -2.20. The predicted octanol–water partition coefficient (Wildman–Crippen LogP) is 3.52. The molecular weight excluding hydrogens is 198 g/mol. The van der Waals surface area contributed by atoms with Gasteiger partial charge in [-0.15, -0.1) is 0 Å². The van der Waals surface area contributed by atoms with Gasteiger partial charge in [0.15, 0.2) is 5.78 Å². The van der Waals surface area contributed by atoms with Crippen molar-refractivity contribution in [2.75, 3.05) is 18.5 Å². The van der Waals surface area contributed by atoms with Crippen molar-refractivity contribution in [2.24, 2.45) is 0 Å². The zero-order valence-electron chi connectivity index (χ0n) is 10.5. The van der Waals surface area contributed by atoms with Gasteiger partial charge in [0.05, 0.1) is 0 Å². The van der Waals surface area contributed by atoms with Crippen molar-refractivity contribution in [1.29, 1.82) is 0 Å². The fraction of sp³-hybridized carbons (Fsp3) is 0.500. The quantitative estimate of drug-likeness (QED) is 0.539. The third-order valence-corrected chi connectivity index (χ3v) is 2.79. The average molecular weight is 219 g/mol. The van der Waals surface area contributed by atoms with E-state index in [0.717, 1.165) is 17.8 Å². The minimum absolute atomic E-state index is 0.137. The van der Waals surface area contributed by atoms with Crippen molar-refractivity contribution in [2.45, 2.75) is 33.1 Å². The molecule has 2 nitrogen and oxygen atoms in total. The second-order valence-electron chi connectivity index (χ2n) is 4.20. The number of nitrogens with zero attached hydrogens (tertiary/aromatic N) is 1. The minimum atomic E-state index is 0.137. The van der Waals surface area contributed by atoms with Gasteiger partial charge >= 0.3 is 0 Å². The van der Waals surface area contributed by atoms with E-state index in [4.69, 9.17) is 0 Å². The smallest absolute Gasteiger partial charge is 0.161 e. The number of anilines is 1. The highest BCUT2D eigenvalue weighted by atomic mass is 16.1. The molecule has 1 rings (SSSR count). The summed E-state index contributed by atoms with van der Waals surface area (Å²) in [5.74, 6) is 0.137. The highest BCUT2D eigenvalue weighted by Crippen LogP contribution is 2.19. The van der Waals surface area contributed by atoms with Crippen LogP contribution in [-0.4, -0.2) is 19.4 Å². The molecule has 1 aromatic carbocycles. The Morgan fingerprint density at radius 2 is 1.94 bits per heavy atom. The van der Waals surface area contributed by atoms with Crippen LogP contribution in [0.2, 0.25) is 0 Å². The molecule has 0 amide bonds. The zero-order chi connectivity index (χ0) is 12.0. The molecule has 0 aliphatic rings. The Balaban J connectivity index is 2.74. The van der Waals surface area contributed by atoms with Crippen LogP contribution in [0.1, 0.15) is 43.5 Å². The number of ketones is 1. The van der Waals surface area contributed by atoms with Crippen LogP contribution in [0, 0.1) is 0 Å². The molecule has 0 aliphatic carbocycles. The van der Waals surface area contributed by atoms with Gasteiger partial charge in [-0.05, 0) is 25.5 Å². The summed E-state index contributed by atoms with van der Waals surface area (Å²) in [6.45, 7) is 4.83. The number of benzene rings is 1. The fourth-order valence-corrected chi connectivity index (χ4v) is 1.82. The first kappa shape index (κ1) is 12.8. The summed E-state index contributed by atoms with van der Waals surface area (Å²) >= 11 is 0. The van der Waals surface area contributed by atoms with Crippen LogP contribution < -0.4 is 4.90 Å². The maximum Gasteiger partial charge on any atom is 0.161 e. The highest BCUT2D eigenvalue weighted by Gasteiger charge is 2.09. The predicted molar refractivity (Wildman–Crippen MR) is 69.2 cm³/mol. The van der Waals surface area contributed by atoms with E-state index in [1.807, 2.05) is 24.3 Å². The number of carbonyl (C=O) groups is 1. The summed E-state index contributed by atoms with van der Waals surface area (Å²) in [5, 5.41) is 0. The van der Waals surface area contributed by atoms with Crippen molar-refractivity contribution in [3.8, 4) is 0 Å². The van der Waals surface area contributed by atoms with Gasteiger partial charge in [-0.2, -0.15) is 0 Å². The van der Waals surface area contributed by atoms with Crippen LogP contribution >= 0.6 is 0 Å². The first-order chi connectivity index (χ1) is 7.66. The van der Waals surface area contributed by atoms with Gasteiger partial charge in [0.25, 0.3) is 0 Å². The van der Waals surface area contributed by atoms with Crippen LogP contribution in [0.25, 0.3) is 0 Å². The molecule has 0 aromatic heterocycles. The molecule has 16 heavy (non-hydrogen) atoms. The lowest BCUT2D eigenvalue weighted by molar-refractivity contribution is 0.101. The standard InChI is InChI=1S/C14H21NO/c1-4-5-8-11-15(3)14-10-7-6-9-13(14)12(2)16/h6-7,9-10H,4-5,8,11H2,1-3H3. The SMILES string of the molecule is CCCCCN(C)c1ccccc1C(C)=O. The van der Waals surface area contributed by atoms with E-state index < -0.39 is 0 Å². The first-order valence-corrected chi connectivity index (χ1v) is 5.98. The summed E-state index contributed by atoms with van der Waals surface area (Å²) in [5.41, 5.74) is 1.87. The molecule has 0 heterocycles. The van der Waals surface area contributed by atoms with Gasteiger partial charge in [0.1, 0.15) is 0 Å². The van der Waals surface area contributed by atoms with Gasteiger partial charge in [-0.1, -0.05) is 31.9 Å². The Bertz CT molecular complexity index is 346. The number of hydrogen-bond donors (Lipinski definition) is 0. The number of rotatable bonds is 6. The first-order valence-electron chi connectivity index (χ1n) is 5.98. The molecule has 0 spiro atoms. The number of para-hydroxylation sites is 1. The lowest BCUT2D eigenvalue weighted by atomic mass is 10.1. The molecule has 2 heteroatoms. The van der Waals surface area contributed by atoms with Crippen molar-refractivity contribution >= 4 is 11.5 Å². The number of carbonyl (C=O) groups excluding carboxylic acids is 1. The summed E-state index contributed by atoms with van der Waals surface area (Å²) in [4.78, 5) is 13.6. The molecule has 0 atom stereocenters. The molecule has 88 valence electrons. The number of Topliss-reactive ketones (excluding diaryl/α,β-unsaturated/α-hetero) is 1. The highest BCUT2D eigenvalue weighted by molar-refractivity contribution is 5.99. The number of unbranched alkanes of at least 4 members (excludes halogenated alkanes) is 2. The van der Waals surface area contributed by atoms with Crippen LogP contribution in [0.15, 0.2) is 24.3 Å². The largest absolute Gasteiger partial charge is 0.374 e. The van der Waals surface area contributed by atoms with Crippen molar-refractivity contribution in [3.63, 3.8) is 0 Å². The van der Waals surface area contributed by atoms with Crippen molar-refractivity contribution in [3.05, 3.63) is 29.8 Å². The molecule has 0 bridgehead atoms. The maximum absolute atomic E-state index is 11.5. The van der Waals surface area contributed by atoms with Crippen LogP contribution in [0.4, 0.5) is 5.69 Å². The molecule has 0 fully saturated rings. The summed E-state index contributed by atoms with van der Waals surface area (Å²) < 4.78 is 0. The van der Waals surface area contributed by atoms with E-state index >= 15 is 0 Å². The molecule has 0 radical (unpaired) electrons. The molecule has 0 saturated carbocycles. The van der Waals surface area contributed by atoms with E-state index in [-0.39, 0.29) is 5.78 Å². The van der Waals surface area contributed by atoms with Crippen LogP contribution in [0.3, 0.4) is 0 Å². The van der Waals surface area contributed by atoms with Gasteiger partial charge < -0.3 is 4.90 Å². The Morgan fingerprint density at radius 3 is 2.56 bits per heavy atom. The maximum atomic E-state index is 11.5. The molecule has 1 aromatic rings. The van der Waals surface area contributed by atoms with E-state index in [1.54, 1.807) is 6.92 Å². The minimum Gasteiger partial charge on any atom is -0.374 e. The second kappa shape index (κ2) is 6.31. The lowest BCUT2D eigenvalue weighted by Gasteiger charge is -2.21. The van der Waals surface area contributed by atoms with Gasteiger partial charge in [0, 0.05) is 24.8 Å². The summed E-state index contributed by atoms with van der Waals surface area (Å²) in [6, 6.07) is 7.81. The third kappa shape index (κ3) is 3.37. The second-order valence-corrected chi connectivity index (χ2v) is 4.20. The van der Waals surface area contributed by atoms with Crippen molar-refractivity contribution in [1.82, 2.24) is 0 Å². The van der Waals surface area contributed by atoms with E-state index in [0.29, 0.717) is 0 Å². The Labute approximate surface area is 98.3 Å². The molecular formula is C14H21NO. The zero-order valence-corrected chi connectivity index (χ0v) is 10.5. The Hall–Kier alpha value is -1.31. The molecule has 0 aliphatic heterocycles. The van der Waals surface area contributed by atoms with Gasteiger partial charge in [-0.25, -0.2) is 0 Å². The topological polar surface area (TPSA) is 20.3 Å². The van der Waals surface area contributed by atoms with E-state index in [2.05, 4.69) is 18.9 Å². The van der Waals surface area contributed by atoms with Crippen LogP contribution in [-0.2, 0) is 0 Å². The van der Waals surface area contributed by atoms with Gasteiger partial charge in [-0.3, -0.25) is 4.79 Å². The number of hydrogen-bond acceptors (Lipinski definition) is 2. The fourth-order valence-electron chi connectivity index (χ4n) is 1.82. The summed E-state index contributed by atoms with van der Waals surface area (Å²) in [7, 11) is 2.05. The normalized spacial score (nSPS) is 10.2. The third-order valence-electron chi connectivity index (χ3n) is 2.79. The van der Waals surface area contributed by atoms with E-state index in [9.17, 15) is 4.79 Å².